The van der Waals surface area contributed by atoms with Crippen LogP contribution in [0.4, 0.5) is 0 Å². The molecule has 1 radical (unpaired) electrons. The summed E-state index contributed by atoms with van der Waals surface area (Å²) in [5.74, 6) is 1.11. The lowest BCUT2D eigenvalue weighted by atomic mass is 9.84. The zero-order valence-corrected chi connectivity index (χ0v) is 5.89. The predicted molar refractivity (Wildman–Crippen MR) is 36.8 cm³/mol. The van der Waals surface area contributed by atoms with Gasteiger partial charge in [-0.1, -0.05) is 19.8 Å². The van der Waals surface area contributed by atoms with E-state index in [0.717, 1.165) is 18.8 Å². The summed E-state index contributed by atoms with van der Waals surface area (Å²) in [5.41, 5.74) is 0. The highest BCUT2D eigenvalue weighted by molar-refractivity contribution is 5.54. The molecule has 0 amide bonds. The third kappa shape index (κ3) is 1.81. The van der Waals surface area contributed by atoms with Crippen LogP contribution >= 0.6 is 0 Å². The quantitative estimate of drug-likeness (QED) is 0.523. The Balaban J connectivity index is 2.26. The third-order valence-corrected chi connectivity index (χ3v) is 2.18. The molecule has 0 atom stereocenters. The SMILES string of the molecule is CC1CCC([C]=O)CC1. The Morgan fingerprint density at radius 3 is 2.22 bits per heavy atom. The first kappa shape index (κ1) is 6.79. The zero-order chi connectivity index (χ0) is 6.69. The van der Waals surface area contributed by atoms with Crippen LogP contribution < -0.4 is 0 Å². The Bertz CT molecular complexity index is 90.7. The monoisotopic (exact) mass is 125 g/mol. The Morgan fingerprint density at radius 1 is 1.22 bits per heavy atom. The van der Waals surface area contributed by atoms with Gasteiger partial charge in [0.15, 0.2) is 0 Å². The van der Waals surface area contributed by atoms with E-state index in [1.165, 1.54) is 12.8 Å². The molecule has 0 heterocycles. The molecule has 0 bridgehead atoms. The molecule has 0 aromatic rings. The number of hydrogen-bond acceptors (Lipinski definition) is 1. The summed E-state index contributed by atoms with van der Waals surface area (Å²) in [4.78, 5) is 10.1. The average Bonchev–Trinajstić information content (AvgIpc) is 1.90. The van der Waals surface area contributed by atoms with E-state index in [1.54, 1.807) is 0 Å². The fourth-order valence-corrected chi connectivity index (χ4v) is 1.38. The lowest BCUT2D eigenvalue weighted by molar-refractivity contribution is 0.335. The van der Waals surface area contributed by atoms with Gasteiger partial charge in [-0.05, 0) is 18.8 Å². The summed E-state index contributed by atoms with van der Waals surface area (Å²) >= 11 is 0. The zero-order valence-electron chi connectivity index (χ0n) is 5.89. The van der Waals surface area contributed by atoms with Crippen molar-refractivity contribution in [3.8, 4) is 0 Å². The molecule has 0 N–H and O–H groups in total. The molecule has 0 aliphatic heterocycles. The van der Waals surface area contributed by atoms with Gasteiger partial charge in [0, 0.05) is 5.92 Å². The van der Waals surface area contributed by atoms with E-state index in [0.29, 0.717) is 0 Å². The van der Waals surface area contributed by atoms with Crippen LogP contribution in [0.25, 0.3) is 0 Å². The van der Waals surface area contributed by atoms with E-state index in [1.807, 2.05) is 0 Å². The van der Waals surface area contributed by atoms with Crippen molar-refractivity contribution >= 4 is 6.29 Å². The van der Waals surface area contributed by atoms with Crippen molar-refractivity contribution in [3.05, 3.63) is 0 Å². The standard InChI is InChI=1S/C8H13O/c1-7-2-4-8(6-9)5-3-7/h7-8H,2-5H2,1H3. The maximum atomic E-state index is 10.1. The Kier molecular flexibility index (Phi) is 2.26. The minimum atomic E-state index is 0.265. The second-order valence-corrected chi connectivity index (χ2v) is 3.07. The highest BCUT2D eigenvalue weighted by atomic mass is 16.1. The summed E-state index contributed by atoms with van der Waals surface area (Å²) in [6.07, 6.45) is 6.67. The van der Waals surface area contributed by atoms with Crippen molar-refractivity contribution in [3.63, 3.8) is 0 Å². The van der Waals surface area contributed by atoms with Gasteiger partial charge in [0.25, 0.3) is 0 Å². The molecule has 0 aromatic heterocycles. The van der Waals surface area contributed by atoms with Crippen molar-refractivity contribution in [2.75, 3.05) is 0 Å². The largest absolute Gasteiger partial charge is 0.291 e. The summed E-state index contributed by atoms with van der Waals surface area (Å²) in [6.45, 7) is 2.25. The number of hydrogen-bond donors (Lipinski definition) is 0. The van der Waals surface area contributed by atoms with E-state index in [4.69, 9.17) is 0 Å². The van der Waals surface area contributed by atoms with Crippen molar-refractivity contribution in [2.24, 2.45) is 11.8 Å². The first-order valence-corrected chi connectivity index (χ1v) is 3.70. The highest BCUT2D eigenvalue weighted by Crippen LogP contribution is 2.26. The van der Waals surface area contributed by atoms with E-state index in [2.05, 4.69) is 13.2 Å². The van der Waals surface area contributed by atoms with E-state index >= 15 is 0 Å². The summed E-state index contributed by atoms with van der Waals surface area (Å²) in [6, 6.07) is 0. The molecule has 1 saturated carbocycles. The minimum Gasteiger partial charge on any atom is -0.291 e. The first-order valence-electron chi connectivity index (χ1n) is 3.70. The second kappa shape index (κ2) is 3.00. The fraction of sp³-hybridized carbons (Fsp3) is 0.875. The van der Waals surface area contributed by atoms with Crippen LogP contribution in [-0.4, -0.2) is 6.29 Å². The predicted octanol–water partition coefficient (Wildman–Crippen LogP) is 1.92. The van der Waals surface area contributed by atoms with Crippen LogP contribution in [0.2, 0.25) is 0 Å². The smallest absolute Gasteiger partial charge is 0.201 e. The molecule has 0 aromatic carbocycles. The van der Waals surface area contributed by atoms with Gasteiger partial charge in [0.1, 0.15) is 0 Å². The van der Waals surface area contributed by atoms with Crippen molar-refractivity contribution in [2.45, 2.75) is 32.6 Å². The highest BCUT2D eigenvalue weighted by Gasteiger charge is 2.17. The first-order chi connectivity index (χ1) is 4.33. The molecule has 0 saturated heterocycles. The van der Waals surface area contributed by atoms with E-state index in [-0.39, 0.29) is 5.92 Å². The van der Waals surface area contributed by atoms with Gasteiger partial charge < -0.3 is 0 Å². The molecule has 1 fully saturated rings. The fourth-order valence-electron chi connectivity index (χ4n) is 1.38. The van der Waals surface area contributed by atoms with Gasteiger partial charge in [-0.2, -0.15) is 0 Å². The van der Waals surface area contributed by atoms with Crippen LogP contribution in [0.5, 0.6) is 0 Å². The van der Waals surface area contributed by atoms with Crippen molar-refractivity contribution in [1.82, 2.24) is 0 Å². The summed E-state index contributed by atoms with van der Waals surface area (Å²) in [7, 11) is 0. The molecule has 1 rings (SSSR count). The molecule has 1 aliphatic rings. The van der Waals surface area contributed by atoms with Crippen molar-refractivity contribution < 1.29 is 4.79 Å². The molecular formula is C8H13O. The van der Waals surface area contributed by atoms with Gasteiger partial charge in [0.05, 0.1) is 0 Å². The molecule has 9 heavy (non-hydrogen) atoms. The molecule has 51 valence electrons. The molecule has 1 aliphatic carbocycles. The van der Waals surface area contributed by atoms with E-state index in [9.17, 15) is 4.79 Å². The van der Waals surface area contributed by atoms with E-state index < -0.39 is 0 Å². The summed E-state index contributed by atoms with van der Waals surface area (Å²) < 4.78 is 0. The van der Waals surface area contributed by atoms with Crippen molar-refractivity contribution in [1.29, 1.82) is 0 Å². The normalized spacial score (nSPS) is 36.1. The van der Waals surface area contributed by atoms with Gasteiger partial charge >= 0.3 is 0 Å². The van der Waals surface area contributed by atoms with Crippen LogP contribution in [0.15, 0.2) is 0 Å². The van der Waals surface area contributed by atoms with Gasteiger partial charge in [-0.25, -0.2) is 0 Å². The Labute approximate surface area is 56.4 Å². The van der Waals surface area contributed by atoms with Crippen LogP contribution in [0.3, 0.4) is 0 Å². The molecule has 0 spiro atoms. The lowest BCUT2D eigenvalue weighted by Crippen LogP contribution is -2.12. The average molecular weight is 125 g/mol. The molecular weight excluding hydrogens is 112 g/mol. The van der Waals surface area contributed by atoms with Crippen LogP contribution in [0.1, 0.15) is 32.6 Å². The van der Waals surface area contributed by atoms with Crippen LogP contribution in [0, 0.1) is 11.8 Å². The third-order valence-electron chi connectivity index (χ3n) is 2.18. The maximum Gasteiger partial charge on any atom is 0.201 e. The van der Waals surface area contributed by atoms with Crippen LogP contribution in [-0.2, 0) is 4.79 Å². The molecule has 1 heteroatoms. The van der Waals surface area contributed by atoms with Gasteiger partial charge in [0.2, 0.25) is 6.29 Å². The van der Waals surface area contributed by atoms with Gasteiger partial charge in [-0.15, -0.1) is 0 Å². The molecule has 0 unspecified atom stereocenters. The topological polar surface area (TPSA) is 17.1 Å². The Morgan fingerprint density at radius 2 is 1.78 bits per heavy atom. The second-order valence-electron chi connectivity index (χ2n) is 3.07. The summed E-state index contributed by atoms with van der Waals surface area (Å²) in [5, 5.41) is 0. The Hall–Kier alpha value is -0.330. The number of rotatable bonds is 1. The maximum absolute atomic E-state index is 10.1. The molecule has 1 nitrogen and oxygen atoms in total. The lowest BCUT2D eigenvalue weighted by Gasteiger charge is -2.20. The van der Waals surface area contributed by atoms with Gasteiger partial charge in [-0.3, -0.25) is 4.79 Å². The minimum absolute atomic E-state index is 0.265. The number of carbonyl (C=O) groups excluding carboxylic acids is 1.